The number of rotatable bonds is 15. The Morgan fingerprint density at radius 1 is 0.684 bits per heavy atom. The van der Waals surface area contributed by atoms with E-state index in [0.29, 0.717) is 53.2 Å². The number of nitrogens with zero attached hydrogens (tertiary/aromatic N) is 1. The maximum Gasteiger partial charge on any atom is 0.338 e. The lowest BCUT2D eigenvalue weighted by atomic mass is 10.1. The van der Waals surface area contributed by atoms with Gasteiger partial charge in [-0.3, -0.25) is 4.90 Å². The molecule has 0 aliphatic carbocycles. The molecule has 0 unspecified atom stereocenters. The van der Waals surface area contributed by atoms with Crippen LogP contribution in [-0.4, -0.2) is 92.8 Å². The van der Waals surface area contributed by atoms with Gasteiger partial charge in [0.1, 0.15) is 13.2 Å². The van der Waals surface area contributed by atoms with Crippen molar-refractivity contribution in [1.29, 1.82) is 0 Å². The Balaban J connectivity index is 1.80. The highest BCUT2D eigenvalue weighted by atomic mass is 16.5. The van der Waals surface area contributed by atoms with E-state index in [1.807, 2.05) is 11.9 Å². The molecule has 0 heterocycles. The summed E-state index contributed by atoms with van der Waals surface area (Å²) in [6, 6.07) is 6.49. The van der Waals surface area contributed by atoms with Gasteiger partial charge in [0, 0.05) is 19.2 Å². The number of hydrogen-bond acceptors (Lipinski definition) is 11. The first kappa shape index (κ1) is 30.1. The van der Waals surface area contributed by atoms with Crippen molar-refractivity contribution in [3.63, 3.8) is 0 Å². The third-order valence-corrected chi connectivity index (χ3v) is 5.42. The number of esters is 2. The maximum atomic E-state index is 12.5. The first-order valence-corrected chi connectivity index (χ1v) is 11.6. The number of methoxy groups -OCH3 is 6. The van der Waals surface area contributed by atoms with Gasteiger partial charge in [-0.15, -0.1) is 0 Å². The summed E-state index contributed by atoms with van der Waals surface area (Å²) in [6.07, 6.45) is 2.92. The Labute approximate surface area is 222 Å². The van der Waals surface area contributed by atoms with E-state index in [0.717, 1.165) is 0 Å². The van der Waals surface area contributed by atoms with E-state index in [1.165, 1.54) is 60.9 Å². The zero-order valence-corrected chi connectivity index (χ0v) is 22.8. The highest BCUT2D eigenvalue weighted by Crippen LogP contribution is 2.39. The van der Waals surface area contributed by atoms with Crippen LogP contribution in [0, 0.1) is 0 Å². The highest BCUT2D eigenvalue weighted by molar-refractivity contribution is 5.91. The van der Waals surface area contributed by atoms with Crippen LogP contribution in [0.1, 0.15) is 15.9 Å². The van der Waals surface area contributed by atoms with Crippen molar-refractivity contribution in [2.75, 3.05) is 76.0 Å². The monoisotopic (exact) mass is 533 g/mol. The molecule has 208 valence electrons. The molecular formula is C27H35NO10. The lowest BCUT2D eigenvalue weighted by molar-refractivity contribution is -0.138. The summed E-state index contributed by atoms with van der Waals surface area (Å²) in [4.78, 5) is 26.5. The predicted molar refractivity (Wildman–Crippen MR) is 140 cm³/mol. The first-order chi connectivity index (χ1) is 18.3. The van der Waals surface area contributed by atoms with Crippen LogP contribution in [-0.2, 0) is 14.3 Å². The molecule has 0 saturated heterocycles. The molecule has 0 aliphatic heterocycles. The van der Waals surface area contributed by atoms with E-state index in [4.69, 9.17) is 37.9 Å². The van der Waals surface area contributed by atoms with Crippen molar-refractivity contribution in [2.45, 2.75) is 0 Å². The van der Waals surface area contributed by atoms with Crippen LogP contribution >= 0.6 is 0 Å². The summed E-state index contributed by atoms with van der Waals surface area (Å²) >= 11 is 0. The molecule has 0 amide bonds. The maximum absolute atomic E-state index is 12.5. The summed E-state index contributed by atoms with van der Waals surface area (Å²) < 4.78 is 42.3. The fraction of sp³-hybridized carbons (Fsp3) is 0.407. The molecule has 2 aromatic carbocycles. The minimum atomic E-state index is -0.527. The van der Waals surface area contributed by atoms with Gasteiger partial charge >= 0.3 is 11.9 Å². The summed E-state index contributed by atoms with van der Waals surface area (Å²) in [6.45, 7) is 1.19. The molecule has 11 heteroatoms. The quantitative estimate of drug-likeness (QED) is 0.249. The average Bonchev–Trinajstić information content (AvgIpc) is 2.94. The Hall–Kier alpha value is -4.12. The van der Waals surface area contributed by atoms with Crippen molar-refractivity contribution < 1.29 is 47.5 Å². The number of carbonyl (C=O) groups is 2. The van der Waals surface area contributed by atoms with Crippen LogP contribution in [0.2, 0.25) is 0 Å². The number of hydrogen-bond donors (Lipinski definition) is 0. The molecule has 0 fully saturated rings. The van der Waals surface area contributed by atoms with Gasteiger partial charge in [0.15, 0.2) is 23.0 Å². The predicted octanol–water partition coefficient (Wildman–Crippen LogP) is 3.08. The van der Waals surface area contributed by atoms with Gasteiger partial charge in [-0.05, 0) is 43.0 Å². The fourth-order valence-electron chi connectivity index (χ4n) is 3.40. The van der Waals surface area contributed by atoms with Crippen LogP contribution in [0.3, 0.4) is 0 Å². The van der Waals surface area contributed by atoms with Crippen LogP contribution < -0.4 is 28.4 Å². The smallest absolute Gasteiger partial charge is 0.338 e. The number of benzene rings is 2. The van der Waals surface area contributed by atoms with Gasteiger partial charge in [0.25, 0.3) is 0 Å². The van der Waals surface area contributed by atoms with E-state index in [2.05, 4.69) is 0 Å². The molecule has 0 saturated carbocycles. The van der Waals surface area contributed by atoms with Crippen molar-refractivity contribution in [1.82, 2.24) is 4.90 Å². The van der Waals surface area contributed by atoms with Crippen LogP contribution in [0.25, 0.3) is 6.08 Å². The van der Waals surface area contributed by atoms with Gasteiger partial charge < -0.3 is 37.9 Å². The molecule has 0 bridgehead atoms. The zero-order chi connectivity index (χ0) is 28.1. The molecule has 0 aromatic heterocycles. The molecule has 0 radical (unpaired) electrons. The van der Waals surface area contributed by atoms with Gasteiger partial charge in [-0.25, -0.2) is 9.59 Å². The van der Waals surface area contributed by atoms with E-state index >= 15 is 0 Å². The minimum absolute atomic E-state index is 0.140. The third kappa shape index (κ3) is 8.20. The lowest BCUT2D eigenvalue weighted by Crippen LogP contribution is -2.28. The third-order valence-electron chi connectivity index (χ3n) is 5.42. The standard InChI is InChI=1S/C27H35NO10/c1-28(11-13-38-27(30)19-16-22(33-4)26(36-7)23(17-19)34-5)10-12-37-24(29)9-8-18-14-20(31-2)25(35-6)21(15-18)32-3/h8-9,14-17H,10-13H2,1-7H3/b9-8+. The van der Waals surface area contributed by atoms with Crippen molar-refractivity contribution in [2.24, 2.45) is 0 Å². The van der Waals surface area contributed by atoms with Gasteiger partial charge in [-0.1, -0.05) is 0 Å². The van der Waals surface area contributed by atoms with Crippen molar-refractivity contribution >= 4 is 18.0 Å². The second kappa shape index (κ2) is 15.2. The molecular weight excluding hydrogens is 498 g/mol. The topological polar surface area (TPSA) is 111 Å². The first-order valence-electron chi connectivity index (χ1n) is 11.6. The highest BCUT2D eigenvalue weighted by Gasteiger charge is 2.18. The largest absolute Gasteiger partial charge is 0.493 e. The van der Waals surface area contributed by atoms with Crippen molar-refractivity contribution in [3.8, 4) is 34.5 Å². The summed E-state index contributed by atoms with van der Waals surface area (Å²) in [5.41, 5.74) is 0.956. The second-order valence-corrected chi connectivity index (χ2v) is 7.81. The molecule has 2 rings (SSSR count). The van der Waals surface area contributed by atoms with Crippen LogP contribution in [0.4, 0.5) is 0 Å². The zero-order valence-electron chi connectivity index (χ0n) is 22.8. The molecule has 0 aliphatic rings. The molecule has 0 N–H and O–H groups in total. The SMILES string of the molecule is COc1cc(/C=C/C(=O)OCCN(C)CCOC(=O)c2cc(OC)c(OC)c(OC)c2)cc(OC)c1OC. The Kier molecular flexibility index (Phi) is 12.0. The Bertz CT molecular complexity index is 1070. The van der Waals surface area contributed by atoms with Crippen molar-refractivity contribution in [3.05, 3.63) is 41.5 Å². The van der Waals surface area contributed by atoms with E-state index in [1.54, 1.807) is 18.2 Å². The minimum Gasteiger partial charge on any atom is -0.493 e. The summed E-state index contributed by atoms with van der Waals surface area (Å²) in [5.74, 6) is 1.50. The summed E-state index contributed by atoms with van der Waals surface area (Å²) in [7, 11) is 10.8. The molecule has 0 spiro atoms. The molecule has 0 atom stereocenters. The molecule has 11 nitrogen and oxygen atoms in total. The van der Waals surface area contributed by atoms with E-state index in [9.17, 15) is 9.59 Å². The molecule has 38 heavy (non-hydrogen) atoms. The number of ether oxygens (including phenoxy) is 8. The van der Waals surface area contributed by atoms with Gasteiger partial charge in [0.05, 0.1) is 48.2 Å². The number of likely N-dealkylation sites (N-methyl/N-ethyl adjacent to an activating group) is 1. The van der Waals surface area contributed by atoms with Crippen LogP contribution in [0.5, 0.6) is 34.5 Å². The normalized spacial score (nSPS) is 10.7. The second-order valence-electron chi connectivity index (χ2n) is 7.81. The van der Waals surface area contributed by atoms with Gasteiger partial charge in [0.2, 0.25) is 11.5 Å². The fourth-order valence-corrected chi connectivity index (χ4v) is 3.40. The van der Waals surface area contributed by atoms with E-state index in [-0.39, 0.29) is 18.8 Å². The summed E-state index contributed by atoms with van der Waals surface area (Å²) in [5, 5.41) is 0. The number of carbonyl (C=O) groups excluding carboxylic acids is 2. The Morgan fingerprint density at radius 3 is 1.58 bits per heavy atom. The average molecular weight is 534 g/mol. The Morgan fingerprint density at radius 2 is 1.13 bits per heavy atom. The molecule has 2 aromatic rings. The van der Waals surface area contributed by atoms with Gasteiger partial charge in [-0.2, -0.15) is 0 Å². The van der Waals surface area contributed by atoms with E-state index < -0.39 is 11.9 Å². The van der Waals surface area contributed by atoms with Crippen LogP contribution in [0.15, 0.2) is 30.3 Å². The lowest BCUT2D eigenvalue weighted by Gasteiger charge is -2.17.